The fourth-order valence-electron chi connectivity index (χ4n) is 5.22. The van der Waals surface area contributed by atoms with Crippen LogP contribution in [0.5, 0.6) is 0 Å². The number of carbonyl (C=O) groups excluding carboxylic acids is 3. The van der Waals surface area contributed by atoms with Gasteiger partial charge in [-0.15, -0.1) is 0 Å². The summed E-state index contributed by atoms with van der Waals surface area (Å²) in [6.45, 7) is 4.45. The summed E-state index contributed by atoms with van der Waals surface area (Å²) in [6.07, 6.45) is 4.77. The SMILES string of the molecule is CCCN(CCI)C(=O)C1=Cc2ccc(C(=O)Nc3cnc4c(c3)CN(C(=O)OCc3ccccc3)CC4)cc2N=C(N)C1. The van der Waals surface area contributed by atoms with E-state index in [1.807, 2.05) is 54.3 Å². The van der Waals surface area contributed by atoms with Gasteiger partial charge in [0.1, 0.15) is 12.4 Å². The van der Waals surface area contributed by atoms with Gasteiger partial charge < -0.3 is 25.6 Å². The maximum Gasteiger partial charge on any atom is 0.410 e. The number of fused-ring (bicyclic) bond motifs is 2. The molecule has 0 radical (unpaired) electrons. The Morgan fingerprint density at radius 1 is 1.11 bits per heavy atom. The van der Waals surface area contributed by atoms with Gasteiger partial charge in [0, 0.05) is 59.3 Å². The number of rotatable bonds is 9. The third-order valence-corrected chi connectivity index (χ3v) is 7.91. The minimum Gasteiger partial charge on any atom is -0.445 e. The lowest BCUT2D eigenvalue weighted by atomic mass is 10.0. The molecule has 3 heterocycles. The van der Waals surface area contributed by atoms with Crippen LogP contribution >= 0.6 is 22.6 Å². The average Bonchev–Trinajstić information content (AvgIpc) is 3.20. The molecule has 3 aromatic rings. The lowest BCUT2D eigenvalue weighted by Crippen LogP contribution is -2.36. The minimum absolute atomic E-state index is 0.0423. The molecule has 1 aromatic heterocycles. The van der Waals surface area contributed by atoms with E-state index in [1.54, 1.807) is 29.3 Å². The molecule has 44 heavy (non-hydrogen) atoms. The van der Waals surface area contributed by atoms with E-state index in [0.29, 0.717) is 60.9 Å². The van der Waals surface area contributed by atoms with Gasteiger partial charge in [-0.1, -0.05) is 65.9 Å². The Hall–Kier alpha value is -4.26. The number of halogens is 1. The van der Waals surface area contributed by atoms with Gasteiger partial charge in [0.25, 0.3) is 5.91 Å². The zero-order valence-electron chi connectivity index (χ0n) is 24.6. The number of ether oxygens (including phenoxy) is 1. The summed E-state index contributed by atoms with van der Waals surface area (Å²) in [7, 11) is 0. The first kappa shape index (κ1) is 31.2. The van der Waals surface area contributed by atoms with Crippen molar-refractivity contribution in [2.45, 2.75) is 39.3 Å². The van der Waals surface area contributed by atoms with Gasteiger partial charge in [0.05, 0.1) is 24.1 Å². The van der Waals surface area contributed by atoms with Gasteiger partial charge in [0.2, 0.25) is 5.91 Å². The van der Waals surface area contributed by atoms with Crippen molar-refractivity contribution in [1.29, 1.82) is 0 Å². The number of amidine groups is 1. The molecular weight excluding hydrogens is 671 g/mol. The van der Waals surface area contributed by atoms with Gasteiger partial charge in [-0.25, -0.2) is 9.79 Å². The lowest BCUT2D eigenvalue weighted by Gasteiger charge is -2.27. The summed E-state index contributed by atoms with van der Waals surface area (Å²) >= 11 is 2.27. The number of nitrogens with one attached hydrogen (secondary N) is 1. The van der Waals surface area contributed by atoms with Crippen LogP contribution in [0, 0.1) is 0 Å². The van der Waals surface area contributed by atoms with E-state index in [9.17, 15) is 14.4 Å². The zero-order valence-corrected chi connectivity index (χ0v) is 26.7. The van der Waals surface area contributed by atoms with E-state index in [-0.39, 0.29) is 30.9 Å². The first-order chi connectivity index (χ1) is 21.3. The average molecular weight is 707 g/mol. The lowest BCUT2D eigenvalue weighted by molar-refractivity contribution is -0.126. The number of amides is 3. The number of anilines is 1. The Morgan fingerprint density at radius 2 is 1.93 bits per heavy atom. The number of aromatic nitrogens is 1. The smallest absolute Gasteiger partial charge is 0.410 e. The molecule has 2 aliphatic rings. The summed E-state index contributed by atoms with van der Waals surface area (Å²) in [5, 5.41) is 2.91. The Balaban J connectivity index is 1.27. The third kappa shape index (κ3) is 7.62. The van der Waals surface area contributed by atoms with Crippen LogP contribution in [0.4, 0.5) is 16.2 Å². The zero-order chi connectivity index (χ0) is 31.1. The van der Waals surface area contributed by atoms with Crippen LogP contribution in [0.1, 0.15) is 52.5 Å². The van der Waals surface area contributed by atoms with Crippen molar-refractivity contribution in [2.24, 2.45) is 10.7 Å². The number of nitrogens with two attached hydrogens (primary N) is 1. The first-order valence-corrected chi connectivity index (χ1v) is 16.1. The Kier molecular flexibility index (Phi) is 10.3. The summed E-state index contributed by atoms with van der Waals surface area (Å²) in [5.41, 5.74) is 11.6. The molecule has 0 atom stereocenters. The van der Waals surface area contributed by atoms with Crippen LogP contribution < -0.4 is 11.1 Å². The molecule has 2 aromatic carbocycles. The number of hydrogen-bond donors (Lipinski definition) is 2. The summed E-state index contributed by atoms with van der Waals surface area (Å²) in [6, 6.07) is 16.5. The number of pyridine rings is 1. The molecule has 0 saturated carbocycles. The van der Waals surface area contributed by atoms with Gasteiger partial charge in [-0.2, -0.15) is 0 Å². The topological polar surface area (TPSA) is 130 Å². The molecule has 2 aliphatic heterocycles. The quantitative estimate of drug-likeness (QED) is 0.224. The van der Waals surface area contributed by atoms with Crippen LogP contribution in [0.2, 0.25) is 0 Å². The van der Waals surface area contributed by atoms with Crippen LogP contribution in [0.15, 0.2) is 71.4 Å². The van der Waals surface area contributed by atoms with Gasteiger partial charge in [-0.05, 0) is 41.8 Å². The number of carbonyl (C=O) groups is 3. The Bertz CT molecular complexity index is 1600. The van der Waals surface area contributed by atoms with Crippen LogP contribution in [0.25, 0.3) is 6.08 Å². The molecule has 3 amide bonds. The molecule has 0 fully saturated rings. The first-order valence-electron chi connectivity index (χ1n) is 14.6. The predicted molar refractivity (Wildman–Crippen MR) is 179 cm³/mol. The van der Waals surface area contributed by atoms with E-state index in [1.165, 1.54) is 0 Å². The highest BCUT2D eigenvalue weighted by Gasteiger charge is 2.24. The molecule has 0 unspecified atom stereocenters. The number of benzene rings is 2. The largest absolute Gasteiger partial charge is 0.445 e. The second-order valence-corrected chi connectivity index (χ2v) is 11.8. The summed E-state index contributed by atoms with van der Waals surface area (Å²) in [5.74, 6) is -0.0595. The van der Waals surface area contributed by atoms with Crippen molar-refractivity contribution in [3.05, 3.63) is 94.3 Å². The molecule has 3 N–H and O–H groups in total. The molecule has 11 heteroatoms. The number of nitrogens with zero attached hydrogens (tertiary/aromatic N) is 4. The Morgan fingerprint density at radius 3 is 2.70 bits per heavy atom. The highest BCUT2D eigenvalue weighted by Crippen LogP contribution is 2.29. The van der Waals surface area contributed by atoms with E-state index in [2.05, 4.69) is 37.9 Å². The second-order valence-electron chi connectivity index (χ2n) is 10.7. The van der Waals surface area contributed by atoms with E-state index < -0.39 is 0 Å². The summed E-state index contributed by atoms with van der Waals surface area (Å²) in [4.78, 5) is 51.8. The Labute approximate surface area is 270 Å². The fourth-order valence-corrected chi connectivity index (χ4v) is 5.81. The fraction of sp³-hybridized carbons (Fsp3) is 0.303. The normalized spacial score (nSPS) is 13.9. The van der Waals surface area contributed by atoms with Crippen molar-refractivity contribution in [3.8, 4) is 0 Å². The monoisotopic (exact) mass is 706 g/mol. The van der Waals surface area contributed by atoms with Crippen LogP contribution in [0.3, 0.4) is 0 Å². The van der Waals surface area contributed by atoms with Crippen molar-refractivity contribution in [1.82, 2.24) is 14.8 Å². The standard InChI is InChI=1S/C33H35IN6O4/c1-2-12-39(14-11-34)32(42)25-15-23-8-9-24(17-29(23)38-30(35)18-25)31(41)37-27-16-26-20-40(13-10-28(26)36-19-27)33(43)44-21-22-6-4-3-5-7-22/h3-9,15-17,19H,2,10-14,18,20-21H2,1H3,(H2,35,38)(H,37,41). The second kappa shape index (κ2) is 14.5. The van der Waals surface area contributed by atoms with Crippen LogP contribution in [-0.2, 0) is 29.1 Å². The maximum atomic E-state index is 13.3. The van der Waals surface area contributed by atoms with Crippen molar-refractivity contribution < 1.29 is 19.1 Å². The number of aliphatic imine (C=N–C) groups is 1. The molecule has 0 aliphatic carbocycles. The highest BCUT2D eigenvalue weighted by molar-refractivity contribution is 14.1. The predicted octanol–water partition coefficient (Wildman–Crippen LogP) is 5.48. The van der Waals surface area contributed by atoms with Crippen molar-refractivity contribution in [2.75, 3.05) is 29.4 Å². The third-order valence-electron chi connectivity index (χ3n) is 7.43. The molecule has 10 nitrogen and oxygen atoms in total. The van der Waals surface area contributed by atoms with E-state index in [4.69, 9.17) is 10.5 Å². The van der Waals surface area contributed by atoms with Crippen LogP contribution in [-0.4, -0.2) is 62.6 Å². The highest BCUT2D eigenvalue weighted by atomic mass is 127. The van der Waals surface area contributed by atoms with Gasteiger partial charge in [0.15, 0.2) is 0 Å². The molecule has 0 saturated heterocycles. The van der Waals surface area contributed by atoms with Crippen molar-refractivity contribution >= 4 is 63.8 Å². The van der Waals surface area contributed by atoms with Gasteiger partial charge in [-0.3, -0.25) is 14.6 Å². The maximum absolute atomic E-state index is 13.3. The number of alkyl halides is 1. The molecule has 228 valence electrons. The molecular formula is C33H35IN6O4. The van der Waals surface area contributed by atoms with E-state index in [0.717, 1.165) is 33.2 Å². The summed E-state index contributed by atoms with van der Waals surface area (Å²) < 4.78 is 6.34. The molecule has 5 rings (SSSR count). The van der Waals surface area contributed by atoms with Gasteiger partial charge >= 0.3 is 6.09 Å². The molecule has 0 bridgehead atoms. The van der Waals surface area contributed by atoms with E-state index >= 15 is 0 Å². The molecule has 0 spiro atoms. The minimum atomic E-state index is -0.388. The number of hydrogen-bond acceptors (Lipinski definition) is 7. The van der Waals surface area contributed by atoms with Crippen molar-refractivity contribution in [3.63, 3.8) is 0 Å².